The van der Waals surface area contributed by atoms with Crippen LogP contribution in [0.4, 0.5) is 0 Å². The molecule has 0 spiro atoms. The first-order valence-corrected chi connectivity index (χ1v) is 8.36. The van der Waals surface area contributed by atoms with Crippen molar-refractivity contribution in [3.05, 3.63) is 34.9 Å². The number of hydrogen-bond acceptors (Lipinski definition) is 2. The molecule has 5 heteroatoms. The fourth-order valence-electron chi connectivity index (χ4n) is 3.05. The lowest BCUT2D eigenvalue weighted by atomic mass is 10.0. The van der Waals surface area contributed by atoms with Crippen LogP contribution in [0.2, 0.25) is 5.02 Å². The fourth-order valence-corrected chi connectivity index (χ4v) is 3.31. The minimum Gasteiger partial charge on any atom is -0.336 e. The predicted molar refractivity (Wildman–Crippen MR) is 94.5 cm³/mol. The summed E-state index contributed by atoms with van der Waals surface area (Å²) in [6.07, 6.45) is 6.96. The molecule has 0 radical (unpaired) electrons. The van der Waals surface area contributed by atoms with E-state index in [0.717, 1.165) is 62.2 Å². The van der Waals surface area contributed by atoms with Crippen molar-refractivity contribution in [2.45, 2.75) is 51.0 Å². The van der Waals surface area contributed by atoms with E-state index >= 15 is 0 Å². The van der Waals surface area contributed by atoms with Crippen molar-refractivity contribution in [2.75, 3.05) is 13.1 Å². The highest BCUT2D eigenvalue weighted by Crippen LogP contribution is 2.36. The summed E-state index contributed by atoms with van der Waals surface area (Å²) in [4.78, 5) is 14.4. The van der Waals surface area contributed by atoms with Gasteiger partial charge in [0, 0.05) is 18.0 Å². The molecule has 0 aromatic heterocycles. The van der Waals surface area contributed by atoms with Gasteiger partial charge in [-0.05, 0) is 43.9 Å². The molecule has 1 aliphatic rings. The number of rotatable bonds is 7. The third-order valence-electron chi connectivity index (χ3n) is 4.18. The Morgan fingerprint density at radius 2 is 1.95 bits per heavy atom. The van der Waals surface area contributed by atoms with Crippen LogP contribution in [0.5, 0.6) is 0 Å². The monoisotopic (exact) mass is 344 g/mol. The molecular formula is C17H26Cl2N2O. The first kappa shape index (κ1) is 19.3. The summed E-state index contributed by atoms with van der Waals surface area (Å²) < 4.78 is 0. The van der Waals surface area contributed by atoms with E-state index in [1.54, 1.807) is 0 Å². The van der Waals surface area contributed by atoms with Gasteiger partial charge in [-0.1, -0.05) is 42.6 Å². The normalized spacial score (nSPS) is 17.4. The van der Waals surface area contributed by atoms with Crippen molar-refractivity contribution in [2.24, 2.45) is 5.73 Å². The number of unbranched alkanes of at least 4 members (excludes halogenated alkanes) is 3. The van der Waals surface area contributed by atoms with Gasteiger partial charge in [-0.25, -0.2) is 0 Å². The number of likely N-dealkylation sites (tertiary alicyclic amines) is 1. The molecule has 1 unspecified atom stereocenters. The molecule has 1 amide bonds. The predicted octanol–water partition coefficient (Wildman–Crippen LogP) is 4.33. The van der Waals surface area contributed by atoms with Crippen molar-refractivity contribution < 1.29 is 4.79 Å². The quantitative estimate of drug-likeness (QED) is 0.748. The standard InChI is InChI=1S/C17H25ClN2O.ClH/c18-15-9-5-4-8-14(15)16-10-7-13-20(16)17(21)11-3-1-2-6-12-19;/h4-5,8-9,16H,1-3,6-7,10-13,19H2;1H. The number of benzene rings is 1. The van der Waals surface area contributed by atoms with E-state index in [0.29, 0.717) is 6.42 Å². The molecule has 0 bridgehead atoms. The molecule has 1 aromatic carbocycles. The first-order valence-electron chi connectivity index (χ1n) is 7.98. The number of halogens is 2. The van der Waals surface area contributed by atoms with E-state index < -0.39 is 0 Å². The van der Waals surface area contributed by atoms with E-state index in [1.807, 2.05) is 29.2 Å². The van der Waals surface area contributed by atoms with Gasteiger partial charge in [0.15, 0.2) is 0 Å². The van der Waals surface area contributed by atoms with Crippen LogP contribution in [-0.2, 0) is 4.79 Å². The number of nitrogens with zero attached hydrogens (tertiary/aromatic N) is 1. The molecule has 2 rings (SSSR count). The zero-order chi connectivity index (χ0) is 15.1. The molecule has 3 nitrogen and oxygen atoms in total. The molecule has 1 fully saturated rings. The SMILES string of the molecule is Cl.NCCCCCCC(=O)N1CCCC1c1ccccc1Cl. The number of nitrogens with two attached hydrogens (primary N) is 1. The molecule has 1 saturated heterocycles. The van der Waals surface area contributed by atoms with E-state index in [-0.39, 0.29) is 24.4 Å². The lowest BCUT2D eigenvalue weighted by Gasteiger charge is -2.26. The van der Waals surface area contributed by atoms with Crippen LogP contribution in [0.3, 0.4) is 0 Å². The van der Waals surface area contributed by atoms with E-state index in [2.05, 4.69) is 0 Å². The summed E-state index contributed by atoms with van der Waals surface area (Å²) in [6, 6.07) is 8.04. The largest absolute Gasteiger partial charge is 0.336 e. The number of amides is 1. The zero-order valence-corrected chi connectivity index (χ0v) is 14.5. The third-order valence-corrected chi connectivity index (χ3v) is 4.53. The van der Waals surface area contributed by atoms with Gasteiger partial charge in [-0.3, -0.25) is 4.79 Å². The van der Waals surface area contributed by atoms with Crippen molar-refractivity contribution in [1.29, 1.82) is 0 Å². The maximum absolute atomic E-state index is 12.4. The molecule has 2 N–H and O–H groups in total. The van der Waals surface area contributed by atoms with Gasteiger partial charge in [-0.15, -0.1) is 12.4 Å². The molecule has 22 heavy (non-hydrogen) atoms. The first-order chi connectivity index (χ1) is 10.2. The highest BCUT2D eigenvalue weighted by atomic mass is 35.5. The van der Waals surface area contributed by atoms with Crippen LogP contribution >= 0.6 is 24.0 Å². The highest BCUT2D eigenvalue weighted by Gasteiger charge is 2.30. The van der Waals surface area contributed by atoms with E-state index in [4.69, 9.17) is 17.3 Å². The topological polar surface area (TPSA) is 46.3 Å². The van der Waals surface area contributed by atoms with Crippen LogP contribution in [0.15, 0.2) is 24.3 Å². The number of carbonyl (C=O) groups is 1. The van der Waals surface area contributed by atoms with Gasteiger partial charge < -0.3 is 10.6 Å². The van der Waals surface area contributed by atoms with Gasteiger partial charge in [-0.2, -0.15) is 0 Å². The van der Waals surface area contributed by atoms with Crippen LogP contribution < -0.4 is 5.73 Å². The Hall–Kier alpha value is -0.770. The summed E-state index contributed by atoms with van der Waals surface area (Å²) in [5, 5.41) is 0.769. The van der Waals surface area contributed by atoms with Gasteiger partial charge in [0.1, 0.15) is 0 Å². The second-order valence-electron chi connectivity index (χ2n) is 5.72. The second kappa shape index (κ2) is 10.1. The lowest BCUT2D eigenvalue weighted by Crippen LogP contribution is -2.30. The Morgan fingerprint density at radius 1 is 1.23 bits per heavy atom. The van der Waals surface area contributed by atoms with Crippen molar-refractivity contribution in [3.63, 3.8) is 0 Å². The minimum atomic E-state index is 0. The molecule has 1 aliphatic heterocycles. The third kappa shape index (κ3) is 5.15. The molecule has 1 heterocycles. The minimum absolute atomic E-state index is 0. The Labute approximate surface area is 144 Å². The highest BCUT2D eigenvalue weighted by molar-refractivity contribution is 6.31. The summed E-state index contributed by atoms with van der Waals surface area (Å²) >= 11 is 6.29. The van der Waals surface area contributed by atoms with Crippen LogP contribution in [0, 0.1) is 0 Å². The number of hydrogen-bond donors (Lipinski definition) is 1. The van der Waals surface area contributed by atoms with Crippen molar-refractivity contribution >= 4 is 29.9 Å². The summed E-state index contributed by atoms with van der Waals surface area (Å²) in [5.41, 5.74) is 6.57. The van der Waals surface area contributed by atoms with Gasteiger partial charge >= 0.3 is 0 Å². The van der Waals surface area contributed by atoms with Crippen molar-refractivity contribution in [3.8, 4) is 0 Å². The van der Waals surface area contributed by atoms with Crippen LogP contribution in [-0.4, -0.2) is 23.9 Å². The molecule has 1 atom stereocenters. The molecule has 0 aliphatic carbocycles. The Bertz CT molecular complexity index is 468. The van der Waals surface area contributed by atoms with Gasteiger partial charge in [0.2, 0.25) is 5.91 Å². The van der Waals surface area contributed by atoms with Crippen LogP contribution in [0.25, 0.3) is 0 Å². The molecule has 1 aromatic rings. The zero-order valence-electron chi connectivity index (χ0n) is 13.0. The second-order valence-corrected chi connectivity index (χ2v) is 6.13. The summed E-state index contributed by atoms with van der Waals surface area (Å²) in [7, 11) is 0. The summed E-state index contributed by atoms with van der Waals surface area (Å²) in [5.74, 6) is 0.269. The van der Waals surface area contributed by atoms with Crippen LogP contribution in [0.1, 0.15) is 56.6 Å². The molecule has 124 valence electrons. The Morgan fingerprint density at radius 3 is 2.68 bits per heavy atom. The van der Waals surface area contributed by atoms with Crippen molar-refractivity contribution in [1.82, 2.24) is 4.90 Å². The average Bonchev–Trinajstić information content (AvgIpc) is 2.96. The van der Waals surface area contributed by atoms with Gasteiger partial charge in [0.05, 0.1) is 6.04 Å². The lowest BCUT2D eigenvalue weighted by molar-refractivity contribution is -0.132. The Balaban J connectivity index is 0.00000242. The summed E-state index contributed by atoms with van der Waals surface area (Å²) in [6.45, 7) is 1.60. The fraction of sp³-hybridized carbons (Fsp3) is 0.588. The van der Waals surface area contributed by atoms with E-state index in [1.165, 1.54) is 0 Å². The maximum Gasteiger partial charge on any atom is 0.223 e. The molecular weight excluding hydrogens is 319 g/mol. The maximum atomic E-state index is 12.4. The molecule has 0 saturated carbocycles. The Kier molecular flexibility index (Phi) is 8.84. The smallest absolute Gasteiger partial charge is 0.223 e. The van der Waals surface area contributed by atoms with E-state index in [9.17, 15) is 4.79 Å². The number of carbonyl (C=O) groups excluding carboxylic acids is 1. The average molecular weight is 345 g/mol. The van der Waals surface area contributed by atoms with Gasteiger partial charge in [0.25, 0.3) is 0 Å².